The van der Waals surface area contributed by atoms with Gasteiger partial charge in [0.15, 0.2) is 0 Å². The summed E-state index contributed by atoms with van der Waals surface area (Å²) in [4.78, 5) is 21.1. The zero-order valence-electron chi connectivity index (χ0n) is 10.8. The molecule has 0 saturated carbocycles. The number of ether oxygens (including phenoxy) is 2. The van der Waals surface area contributed by atoms with Gasteiger partial charge in [-0.2, -0.15) is 0 Å². The van der Waals surface area contributed by atoms with Crippen LogP contribution in [0, 0.1) is 0 Å². The van der Waals surface area contributed by atoms with Crippen LogP contribution >= 0.6 is 23.5 Å². The predicted molar refractivity (Wildman–Crippen MR) is 72.3 cm³/mol. The van der Waals surface area contributed by atoms with E-state index in [1.165, 1.54) is 13.8 Å². The minimum absolute atomic E-state index is 0.0281. The van der Waals surface area contributed by atoms with Gasteiger partial charge >= 0.3 is 11.9 Å². The van der Waals surface area contributed by atoms with E-state index in [1.54, 1.807) is 23.5 Å². The lowest BCUT2D eigenvalue weighted by Gasteiger charge is -2.23. The van der Waals surface area contributed by atoms with E-state index in [1.807, 2.05) is 0 Å². The van der Waals surface area contributed by atoms with Crippen LogP contribution in [0.1, 0.15) is 27.7 Å². The summed E-state index contributed by atoms with van der Waals surface area (Å²) >= 11 is 3.45. The second-order valence-electron chi connectivity index (χ2n) is 3.78. The van der Waals surface area contributed by atoms with Gasteiger partial charge < -0.3 is 9.47 Å². The van der Waals surface area contributed by atoms with Crippen molar-refractivity contribution >= 4 is 35.5 Å². The molecule has 0 aliphatic carbocycles. The van der Waals surface area contributed by atoms with E-state index >= 15 is 0 Å². The Bertz CT molecular complexity index is 230. The fraction of sp³-hybridized carbons (Fsp3) is 0.818. The molecule has 0 amide bonds. The van der Waals surface area contributed by atoms with Crippen LogP contribution in [0.15, 0.2) is 0 Å². The summed E-state index contributed by atoms with van der Waals surface area (Å²) in [6.45, 7) is 7.89. The monoisotopic (exact) mass is 280 g/mol. The van der Waals surface area contributed by atoms with Gasteiger partial charge in [0.05, 0.1) is 4.08 Å². The summed E-state index contributed by atoms with van der Waals surface area (Å²) in [5.74, 6) is 1.05. The highest BCUT2D eigenvalue weighted by Gasteiger charge is 2.18. The number of hydrogen-bond acceptors (Lipinski definition) is 6. The fourth-order valence-corrected chi connectivity index (χ4v) is 3.14. The first kappa shape index (κ1) is 16.6. The van der Waals surface area contributed by atoms with Gasteiger partial charge in [-0.25, -0.2) is 0 Å². The van der Waals surface area contributed by atoms with Crippen molar-refractivity contribution in [3.63, 3.8) is 0 Å². The van der Waals surface area contributed by atoms with E-state index in [0.29, 0.717) is 13.2 Å². The van der Waals surface area contributed by atoms with E-state index in [9.17, 15) is 9.59 Å². The van der Waals surface area contributed by atoms with E-state index in [-0.39, 0.29) is 16.0 Å². The molecule has 17 heavy (non-hydrogen) atoms. The molecule has 0 rings (SSSR count). The Morgan fingerprint density at radius 1 is 0.941 bits per heavy atom. The standard InChI is InChI=1S/C11H20O4S2/c1-9(12)14-5-7-16-11(3,4)17-8-6-15-10(2)13/h5-8H2,1-4H3. The molecular weight excluding hydrogens is 260 g/mol. The van der Waals surface area contributed by atoms with Gasteiger partial charge in [-0.3, -0.25) is 9.59 Å². The van der Waals surface area contributed by atoms with Crippen molar-refractivity contribution in [1.82, 2.24) is 0 Å². The number of rotatable bonds is 8. The summed E-state index contributed by atoms with van der Waals surface area (Å²) in [6.07, 6.45) is 0. The summed E-state index contributed by atoms with van der Waals surface area (Å²) in [5, 5.41) is 0. The van der Waals surface area contributed by atoms with Gasteiger partial charge in [0, 0.05) is 25.4 Å². The SMILES string of the molecule is CC(=O)OCCSC(C)(C)SCCOC(C)=O. The van der Waals surface area contributed by atoms with E-state index < -0.39 is 0 Å². The Morgan fingerprint density at radius 2 is 1.29 bits per heavy atom. The van der Waals surface area contributed by atoms with Crippen molar-refractivity contribution in [2.75, 3.05) is 24.7 Å². The average Bonchev–Trinajstić information content (AvgIpc) is 2.19. The van der Waals surface area contributed by atoms with Crippen molar-refractivity contribution in [3.8, 4) is 0 Å². The van der Waals surface area contributed by atoms with Crippen LogP contribution in [0.3, 0.4) is 0 Å². The molecule has 4 nitrogen and oxygen atoms in total. The van der Waals surface area contributed by atoms with Crippen LogP contribution in [0.2, 0.25) is 0 Å². The van der Waals surface area contributed by atoms with Gasteiger partial charge in [0.2, 0.25) is 0 Å². The zero-order valence-corrected chi connectivity index (χ0v) is 12.4. The average molecular weight is 280 g/mol. The molecular formula is C11H20O4S2. The van der Waals surface area contributed by atoms with Gasteiger partial charge in [-0.05, 0) is 13.8 Å². The lowest BCUT2D eigenvalue weighted by molar-refractivity contribution is -0.141. The fourth-order valence-electron chi connectivity index (χ4n) is 0.987. The quantitative estimate of drug-likeness (QED) is 0.386. The number of hydrogen-bond donors (Lipinski definition) is 0. The molecule has 0 bridgehead atoms. The Balaban J connectivity index is 3.57. The molecule has 0 aliphatic rings. The molecule has 0 saturated heterocycles. The van der Waals surface area contributed by atoms with Gasteiger partial charge in [-0.1, -0.05) is 0 Å². The molecule has 0 aliphatic heterocycles. The van der Waals surface area contributed by atoms with Gasteiger partial charge in [-0.15, -0.1) is 23.5 Å². The third-order valence-electron chi connectivity index (χ3n) is 1.68. The second-order valence-corrected chi connectivity index (χ2v) is 7.47. The van der Waals surface area contributed by atoms with E-state index in [0.717, 1.165) is 11.5 Å². The van der Waals surface area contributed by atoms with Crippen molar-refractivity contribution in [1.29, 1.82) is 0 Å². The highest BCUT2D eigenvalue weighted by atomic mass is 32.2. The maximum atomic E-state index is 10.6. The van der Waals surface area contributed by atoms with Gasteiger partial charge in [0.25, 0.3) is 0 Å². The molecule has 0 aromatic rings. The van der Waals surface area contributed by atoms with Gasteiger partial charge in [0.1, 0.15) is 13.2 Å². The van der Waals surface area contributed by atoms with Crippen LogP contribution in [0.4, 0.5) is 0 Å². The first-order chi connectivity index (χ1) is 7.83. The third kappa shape index (κ3) is 11.9. The molecule has 0 heterocycles. The summed E-state index contributed by atoms with van der Waals surface area (Å²) in [7, 11) is 0. The van der Waals surface area contributed by atoms with Crippen LogP contribution in [0.5, 0.6) is 0 Å². The molecule has 6 heteroatoms. The highest BCUT2D eigenvalue weighted by Crippen LogP contribution is 2.35. The summed E-state index contributed by atoms with van der Waals surface area (Å²) in [5.41, 5.74) is 0. The Labute approximate surface area is 111 Å². The lowest BCUT2D eigenvalue weighted by Crippen LogP contribution is -2.15. The first-order valence-corrected chi connectivity index (χ1v) is 7.35. The van der Waals surface area contributed by atoms with E-state index in [2.05, 4.69) is 13.8 Å². The maximum absolute atomic E-state index is 10.6. The largest absolute Gasteiger partial charge is 0.465 e. The molecule has 0 spiro atoms. The maximum Gasteiger partial charge on any atom is 0.302 e. The summed E-state index contributed by atoms with van der Waals surface area (Å²) < 4.78 is 9.74. The lowest BCUT2D eigenvalue weighted by atomic mass is 10.5. The van der Waals surface area contributed by atoms with Crippen LogP contribution in [-0.2, 0) is 19.1 Å². The van der Waals surface area contributed by atoms with Crippen molar-refractivity contribution in [3.05, 3.63) is 0 Å². The molecule has 0 aromatic heterocycles. The summed E-state index contributed by atoms with van der Waals surface area (Å²) in [6, 6.07) is 0. The molecule has 100 valence electrons. The Hall–Kier alpha value is -0.360. The molecule has 0 N–H and O–H groups in total. The smallest absolute Gasteiger partial charge is 0.302 e. The predicted octanol–water partition coefficient (Wildman–Crippen LogP) is 2.32. The second kappa shape index (κ2) is 8.69. The third-order valence-corrected chi connectivity index (χ3v) is 4.52. The normalized spacial score (nSPS) is 11.1. The number of esters is 2. The highest BCUT2D eigenvalue weighted by molar-refractivity contribution is 8.18. The number of carbonyl (C=O) groups is 2. The number of carbonyl (C=O) groups excluding carboxylic acids is 2. The van der Waals surface area contributed by atoms with Crippen LogP contribution < -0.4 is 0 Å². The van der Waals surface area contributed by atoms with Crippen molar-refractivity contribution < 1.29 is 19.1 Å². The van der Waals surface area contributed by atoms with Crippen LogP contribution in [0.25, 0.3) is 0 Å². The molecule has 0 unspecified atom stereocenters. The van der Waals surface area contributed by atoms with E-state index in [4.69, 9.17) is 9.47 Å². The van der Waals surface area contributed by atoms with Crippen molar-refractivity contribution in [2.24, 2.45) is 0 Å². The molecule has 0 aromatic carbocycles. The van der Waals surface area contributed by atoms with Crippen LogP contribution in [-0.4, -0.2) is 40.7 Å². The molecule has 0 atom stereocenters. The Kier molecular flexibility index (Phi) is 8.51. The zero-order chi connectivity index (χ0) is 13.3. The Morgan fingerprint density at radius 3 is 1.59 bits per heavy atom. The van der Waals surface area contributed by atoms with Crippen molar-refractivity contribution in [2.45, 2.75) is 31.8 Å². The first-order valence-electron chi connectivity index (χ1n) is 5.38. The molecule has 0 radical (unpaired) electrons. The topological polar surface area (TPSA) is 52.6 Å². The molecule has 0 fully saturated rings. The minimum atomic E-state index is -0.245. The number of thioether (sulfide) groups is 2. The minimum Gasteiger partial charge on any atom is -0.465 e.